The van der Waals surface area contributed by atoms with Crippen LogP contribution in [0.3, 0.4) is 0 Å². The second-order valence-electron chi connectivity index (χ2n) is 3.69. The van der Waals surface area contributed by atoms with Gasteiger partial charge in [-0.3, -0.25) is 4.79 Å². The van der Waals surface area contributed by atoms with E-state index in [1.165, 1.54) is 18.2 Å². The lowest BCUT2D eigenvalue weighted by Crippen LogP contribution is -2.27. The zero-order valence-corrected chi connectivity index (χ0v) is 11.3. The number of rotatable bonds is 4. The van der Waals surface area contributed by atoms with E-state index in [9.17, 15) is 13.2 Å². The Kier molecular flexibility index (Phi) is 4.54. The van der Waals surface area contributed by atoms with Gasteiger partial charge in [-0.15, -0.1) is 0 Å². The molecule has 0 saturated carbocycles. The third kappa shape index (κ3) is 3.71. The van der Waals surface area contributed by atoms with Gasteiger partial charge in [0.25, 0.3) is 15.0 Å². The van der Waals surface area contributed by atoms with E-state index < -0.39 is 9.05 Å². The summed E-state index contributed by atoms with van der Waals surface area (Å²) in [5, 5.41) is 0. The number of carbonyl (C=O) groups excluding carboxylic acids is 1. The summed E-state index contributed by atoms with van der Waals surface area (Å²) in [7, 11) is 3.10. The Labute approximate surface area is 106 Å². The van der Waals surface area contributed by atoms with E-state index in [2.05, 4.69) is 0 Å². The molecule has 0 radical (unpaired) electrons. The highest BCUT2D eigenvalue weighted by Gasteiger charge is 2.15. The highest BCUT2D eigenvalue weighted by atomic mass is 35.7. The quantitative estimate of drug-likeness (QED) is 0.791. The molecule has 94 valence electrons. The maximum absolute atomic E-state index is 11.9. The van der Waals surface area contributed by atoms with Crippen molar-refractivity contribution in [1.82, 2.24) is 4.90 Å². The smallest absolute Gasteiger partial charge is 0.261 e. The van der Waals surface area contributed by atoms with Crippen molar-refractivity contribution in [3.8, 4) is 0 Å². The van der Waals surface area contributed by atoms with E-state index in [-0.39, 0.29) is 10.8 Å². The Bertz CT molecular complexity index is 513. The van der Waals surface area contributed by atoms with Crippen LogP contribution in [0.15, 0.2) is 29.2 Å². The lowest BCUT2D eigenvalue weighted by atomic mass is 10.2. The largest absolute Gasteiger partial charge is 0.342 e. The van der Waals surface area contributed by atoms with Gasteiger partial charge in [0.1, 0.15) is 0 Å². The van der Waals surface area contributed by atoms with Crippen LogP contribution in [0.5, 0.6) is 0 Å². The molecular weight excluding hydrogens is 262 g/mol. The van der Waals surface area contributed by atoms with Gasteiger partial charge in [-0.2, -0.15) is 0 Å². The predicted molar refractivity (Wildman–Crippen MR) is 66.7 cm³/mol. The molecule has 0 aromatic heterocycles. The predicted octanol–water partition coefficient (Wildman–Crippen LogP) is 2.10. The first-order valence-corrected chi connectivity index (χ1v) is 7.47. The van der Waals surface area contributed by atoms with Crippen LogP contribution >= 0.6 is 10.7 Å². The number of hydrogen-bond acceptors (Lipinski definition) is 3. The number of benzene rings is 1. The second kappa shape index (κ2) is 5.51. The molecule has 0 fully saturated rings. The molecule has 0 bridgehead atoms. The van der Waals surface area contributed by atoms with Crippen molar-refractivity contribution in [3.05, 3.63) is 29.8 Å². The molecule has 0 aliphatic carbocycles. The Morgan fingerprint density at radius 1 is 1.41 bits per heavy atom. The lowest BCUT2D eigenvalue weighted by molar-refractivity contribution is 0.0795. The summed E-state index contributed by atoms with van der Waals surface area (Å²) in [6.45, 7) is 2.58. The summed E-state index contributed by atoms with van der Waals surface area (Å²) in [5.41, 5.74) is 0.322. The fourth-order valence-corrected chi connectivity index (χ4v) is 2.23. The number of hydrogen-bond donors (Lipinski definition) is 0. The standard InChI is InChI=1S/C11H14ClNO3S/c1-3-7-13(2)11(14)9-5-4-6-10(8-9)17(12,15)16/h4-6,8H,3,7H2,1-2H3. The van der Waals surface area contributed by atoms with Crippen molar-refractivity contribution < 1.29 is 13.2 Å². The van der Waals surface area contributed by atoms with Crippen molar-refractivity contribution in [2.75, 3.05) is 13.6 Å². The first-order valence-electron chi connectivity index (χ1n) is 5.16. The van der Waals surface area contributed by atoms with Gasteiger partial charge in [-0.25, -0.2) is 8.42 Å². The normalized spacial score (nSPS) is 11.2. The molecule has 17 heavy (non-hydrogen) atoms. The number of nitrogens with zero attached hydrogens (tertiary/aromatic N) is 1. The van der Waals surface area contributed by atoms with Crippen molar-refractivity contribution in [1.29, 1.82) is 0 Å². The van der Waals surface area contributed by atoms with E-state index in [0.29, 0.717) is 12.1 Å². The van der Waals surface area contributed by atoms with Crippen LogP contribution < -0.4 is 0 Å². The molecule has 1 aromatic carbocycles. The van der Waals surface area contributed by atoms with Gasteiger partial charge in [0.15, 0.2) is 0 Å². The first kappa shape index (κ1) is 14.0. The van der Waals surface area contributed by atoms with Crippen LogP contribution in [-0.2, 0) is 9.05 Å². The zero-order valence-electron chi connectivity index (χ0n) is 9.68. The van der Waals surface area contributed by atoms with E-state index in [1.54, 1.807) is 18.0 Å². The maximum atomic E-state index is 11.9. The van der Waals surface area contributed by atoms with Gasteiger partial charge >= 0.3 is 0 Å². The van der Waals surface area contributed by atoms with Gasteiger partial charge in [0.05, 0.1) is 4.90 Å². The molecule has 1 rings (SSSR count). The van der Waals surface area contributed by atoms with E-state index in [1.807, 2.05) is 6.92 Å². The zero-order chi connectivity index (χ0) is 13.1. The third-order valence-corrected chi connectivity index (χ3v) is 3.62. The molecule has 0 spiro atoms. The average molecular weight is 276 g/mol. The minimum atomic E-state index is -3.80. The minimum Gasteiger partial charge on any atom is -0.342 e. The Morgan fingerprint density at radius 2 is 2.06 bits per heavy atom. The fourth-order valence-electron chi connectivity index (χ4n) is 1.44. The van der Waals surface area contributed by atoms with Gasteiger partial charge in [-0.05, 0) is 24.6 Å². The highest BCUT2D eigenvalue weighted by molar-refractivity contribution is 8.13. The summed E-state index contributed by atoms with van der Waals surface area (Å²) < 4.78 is 22.3. The number of carbonyl (C=O) groups is 1. The molecule has 4 nitrogen and oxygen atoms in total. The Hall–Kier alpha value is -1.07. The first-order chi connectivity index (χ1) is 7.86. The van der Waals surface area contributed by atoms with Gasteiger partial charge in [-0.1, -0.05) is 13.0 Å². The molecule has 0 unspecified atom stereocenters. The molecular formula is C11H14ClNO3S. The molecule has 6 heteroatoms. The summed E-state index contributed by atoms with van der Waals surface area (Å²) >= 11 is 0. The Morgan fingerprint density at radius 3 is 2.59 bits per heavy atom. The van der Waals surface area contributed by atoms with Gasteiger partial charge < -0.3 is 4.90 Å². The van der Waals surface area contributed by atoms with Crippen molar-refractivity contribution in [2.24, 2.45) is 0 Å². The van der Waals surface area contributed by atoms with Gasteiger partial charge in [0.2, 0.25) is 0 Å². The summed E-state index contributed by atoms with van der Waals surface area (Å²) in [4.78, 5) is 13.4. The summed E-state index contributed by atoms with van der Waals surface area (Å²) in [6, 6.07) is 5.72. The maximum Gasteiger partial charge on any atom is 0.261 e. The van der Waals surface area contributed by atoms with Crippen LogP contribution in [-0.4, -0.2) is 32.8 Å². The summed E-state index contributed by atoms with van der Waals surface area (Å²) in [5.74, 6) is -0.214. The lowest BCUT2D eigenvalue weighted by Gasteiger charge is -2.16. The van der Waals surface area contributed by atoms with Crippen molar-refractivity contribution >= 4 is 25.6 Å². The van der Waals surface area contributed by atoms with E-state index in [4.69, 9.17) is 10.7 Å². The van der Waals surface area contributed by atoms with Crippen LogP contribution in [0.4, 0.5) is 0 Å². The molecule has 0 atom stereocenters. The van der Waals surface area contributed by atoms with E-state index in [0.717, 1.165) is 6.42 Å². The Balaban J connectivity index is 3.04. The van der Waals surface area contributed by atoms with Crippen LogP contribution in [0.25, 0.3) is 0 Å². The SMILES string of the molecule is CCCN(C)C(=O)c1cccc(S(=O)(=O)Cl)c1. The van der Waals surface area contributed by atoms with Gasteiger partial charge in [0, 0.05) is 29.8 Å². The van der Waals surface area contributed by atoms with Crippen molar-refractivity contribution in [2.45, 2.75) is 18.2 Å². The van der Waals surface area contributed by atoms with Crippen LogP contribution in [0, 0.1) is 0 Å². The average Bonchev–Trinajstić information content (AvgIpc) is 2.27. The molecule has 0 aliphatic rings. The minimum absolute atomic E-state index is 0.0603. The topological polar surface area (TPSA) is 54.5 Å². The van der Waals surface area contributed by atoms with Crippen LogP contribution in [0.2, 0.25) is 0 Å². The van der Waals surface area contributed by atoms with E-state index >= 15 is 0 Å². The van der Waals surface area contributed by atoms with Crippen molar-refractivity contribution in [3.63, 3.8) is 0 Å². The molecule has 0 aliphatic heterocycles. The molecule has 1 aromatic rings. The molecule has 1 amide bonds. The number of halogens is 1. The third-order valence-electron chi connectivity index (χ3n) is 2.27. The molecule has 0 saturated heterocycles. The fraction of sp³-hybridized carbons (Fsp3) is 0.364. The highest BCUT2D eigenvalue weighted by Crippen LogP contribution is 2.17. The molecule has 0 N–H and O–H groups in total. The second-order valence-corrected chi connectivity index (χ2v) is 6.26. The molecule has 0 heterocycles. The monoisotopic (exact) mass is 275 g/mol. The number of amides is 1. The summed E-state index contributed by atoms with van der Waals surface area (Å²) in [6.07, 6.45) is 0.843. The van der Waals surface area contributed by atoms with Crippen LogP contribution in [0.1, 0.15) is 23.7 Å².